The van der Waals surface area contributed by atoms with Crippen LogP contribution in [0.4, 0.5) is 0 Å². The van der Waals surface area contributed by atoms with Crippen molar-refractivity contribution in [2.75, 3.05) is 0 Å². The largest absolute Gasteiger partial charge is 0.350 e. The first-order chi connectivity index (χ1) is 16.4. The number of thiophene rings is 1. The third-order valence-electron chi connectivity index (χ3n) is 5.66. The summed E-state index contributed by atoms with van der Waals surface area (Å²) in [5.74, 6) is 0.339. The number of fused-ring (bicyclic) bond motifs is 3. The summed E-state index contributed by atoms with van der Waals surface area (Å²) >= 11 is 2.93. The summed E-state index contributed by atoms with van der Waals surface area (Å²) in [5, 5.41) is 14.5. The summed E-state index contributed by atoms with van der Waals surface area (Å²) < 4.78 is 3.47. The van der Waals surface area contributed by atoms with E-state index in [0.717, 1.165) is 21.7 Å². The Kier molecular flexibility index (Phi) is 5.97. The summed E-state index contributed by atoms with van der Waals surface area (Å²) in [5.41, 5.74) is 3.41. The lowest BCUT2D eigenvalue weighted by atomic mass is 10.1. The zero-order valence-corrected chi connectivity index (χ0v) is 20.6. The van der Waals surface area contributed by atoms with E-state index in [1.807, 2.05) is 85.1 Å². The van der Waals surface area contributed by atoms with E-state index < -0.39 is 5.25 Å². The molecule has 3 heterocycles. The number of rotatable bonds is 6. The molecule has 1 amide bonds. The van der Waals surface area contributed by atoms with Gasteiger partial charge in [-0.25, -0.2) is 4.57 Å². The fraction of sp³-hybridized carbons (Fsp3) is 0.200. The fourth-order valence-electron chi connectivity index (χ4n) is 3.97. The summed E-state index contributed by atoms with van der Waals surface area (Å²) in [6, 6.07) is 17.3. The van der Waals surface area contributed by atoms with Crippen LogP contribution in [0.5, 0.6) is 0 Å². The number of aromatic nitrogens is 4. The number of nitrogens with one attached hydrogen (secondary N) is 1. The maximum atomic E-state index is 13.5. The molecular weight excluding hydrogens is 466 g/mol. The molecule has 5 rings (SSSR count). The summed E-state index contributed by atoms with van der Waals surface area (Å²) in [4.78, 5) is 27.4. The normalized spacial score (nSPS) is 12.3. The van der Waals surface area contributed by atoms with Crippen molar-refractivity contribution in [3.05, 3.63) is 86.3 Å². The first-order valence-electron chi connectivity index (χ1n) is 10.9. The third kappa shape index (κ3) is 4.01. The Hall–Kier alpha value is -3.43. The van der Waals surface area contributed by atoms with Crippen LogP contribution >= 0.6 is 23.1 Å². The molecule has 1 N–H and O–H groups in total. The molecule has 0 bridgehead atoms. The van der Waals surface area contributed by atoms with Gasteiger partial charge in [-0.2, -0.15) is 0 Å². The maximum Gasteiger partial charge on any atom is 0.267 e. The molecular formula is C25H23N5O2S2. The highest BCUT2D eigenvalue weighted by Crippen LogP contribution is 2.27. The molecule has 3 aromatic heterocycles. The zero-order chi connectivity index (χ0) is 23.8. The molecule has 1 unspecified atom stereocenters. The molecule has 34 heavy (non-hydrogen) atoms. The van der Waals surface area contributed by atoms with E-state index in [1.54, 1.807) is 15.9 Å². The molecule has 0 radical (unpaired) electrons. The van der Waals surface area contributed by atoms with Gasteiger partial charge in [-0.3, -0.25) is 14.0 Å². The fourth-order valence-corrected chi connectivity index (χ4v) is 5.50. The van der Waals surface area contributed by atoms with Crippen molar-refractivity contribution in [2.45, 2.75) is 37.7 Å². The second-order valence-electron chi connectivity index (χ2n) is 8.12. The smallest absolute Gasteiger partial charge is 0.267 e. The van der Waals surface area contributed by atoms with Crippen LogP contribution < -0.4 is 10.9 Å². The number of carbonyl (C=O) groups excluding carboxylic acids is 1. The molecule has 5 aromatic rings. The SMILES string of the molecule is Cc1ccc(-n2c(=O)c3ccccc3n3c(SC(C)C(=O)NCc4cccs4)nnc23)c(C)c1. The van der Waals surface area contributed by atoms with Crippen molar-refractivity contribution < 1.29 is 4.79 Å². The van der Waals surface area contributed by atoms with Crippen LogP contribution in [-0.2, 0) is 11.3 Å². The van der Waals surface area contributed by atoms with E-state index >= 15 is 0 Å². The predicted octanol–water partition coefficient (Wildman–Crippen LogP) is 4.51. The summed E-state index contributed by atoms with van der Waals surface area (Å²) in [6.07, 6.45) is 0. The molecule has 0 aliphatic rings. The number of nitrogens with zero attached hydrogens (tertiary/aromatic N) is 4. The number of benzene rings is 2. The number of carbonyl (C=O) groups is 1. The quantitative estimate of drug-likeness (QED) is 0.355. The van der Waals surface area contributed by atoms with E-state index in [9.17, 15) is 9.59 Å². The summed E-state index contributed by atoms with van der Waals surface area (Å²) in [6.45, 7) is 6.34. The minimum atomic E-state index is -0.396. The minimum absolute atomic E-state index is 0.0813. The lowest BCUT2D eigenvalue weighted by molar-refractivity contribution is -0.120. The van der Waals surface area contributed by atoms with Crippen LogP contribution in [-0.4, -0.2) is 30.3 Å². The highest BCUT2D eigenvalue weighted by molar-refractivity contribution is 8.00. The van der Waals surface area contributed by atoms with Crippen LogP contribution in [0.25, 0.3) is 22.4 Å². The molecule has 0 spiro atoms. The van der Waals surface area contributed by atoms with Gasteiger partial charge in [0.25, 0.3) is 5.56 Å². The lowest BCUT2D eigenvalue weighted by Gasteiger charge is -2.14. The first-order valence-corrected chi connectivity index (χ1v) is 12.6. The predicted molar refractivity (Wildman–Crippen MR) is 137 cm³/mol. The van der Waals surface area contributed by atoms with Gasteiger partial charge in [0.2, 0.25) is 11.7 Å². The van der Waals surface area contributed by atoms with Gasteiger partial charge in [0.15, 0.2) is 5.16 Å². The van der Waals surface area contributed by atoms with Gasteiger partial charge in [0.1, 0.15) is 0 Å². The first kappa shape index (κ1) is 22.4. The van der Waals surface area contributed by atoms with Crippen molar-refractivity contribution in [2.24, 2.45) is 0 Å². The van der Waals surface area contributed by atoms with Gasteiger partial charge < -0.3 is 5.32 Å². The van der Waals surface area contributed by atoms with Crippen LogP contribution in [0.1, 0.15) is 22.9 Å². The van der Waals surface area contributed by atoms with Gasteiger partial charge in [0.05, 0.1) is 28.4 Å². The molecule has 172 valence electrons. The van der Waals surface area contributed by atoms with E-state index in [4.69, 9.17) is 0 Å². The van der Waals surface area contributed by atoms with E-state index in [2.05, 4.69) is 15.5 Å². The number of aryl methyl sites for hydroxylation is 2. The topological polar surface area (TPSA) is 81.3 Å². The van der Waals surface area contributed by atoms with Crippen LogP contribution in [0, 0.1) is 13.8 Å². The number of hydrogen-bond donors (Lipinski definition) is 1. The monoisotopic (exact) mass is 489 g/mol. The number of para-hydroxylation sites is 1. The van der Waals surface area contributed by atoms with Crippen molar-refractivity contribution in [3.63, 3.8) is 0 Å². The van der Waals surface area contributed by atoms with E-state index in [0.29, 0.717) is 28.4 Å². The van der Waals surface area contributed by atoms with Crippen LogP contribution in [0.3, 0.4) is 0 Å². The zero-order valence-electron chi connectivity index (χ0n) is 19.0. The lowest BCUT2D eigenvalue weighted by Crippen LogP contribution is -2.30. The standard InChI is InChI=1S/C25H23N5O2S2/c1-15-10-11-20(16(2)13-15)29-23(32)19-8-4-5-9-21(19)30-24(29)27-28-25(30)34-17(3)22(31)26-14-18-7-6-12-33-18/h4-13,17H,14H2,1-3H3,(H,26,31). The van der Waals surface area contributed by atoms with Crippen molar-refractivity contribution in [1.29, 1.82) is 0 Å². The molecule has 0 saturated carbocycles. The number of thioether (sulfide) groups is 1. The highest BCUT2D eigenvalue weighted by atomic mass is 32.2. The Morgan fingerprint density at radius 2 is 1.94 bits per heavy atom. The average Bonchev–Trinajstić information content (AvgIpc) is 3.49. The van der Waals surface area contributed by atoms with Crippen LogP contribution in [0.2, 0.25) is 0 Å². The number of hydrogen-bond acceptors (Lipinski definition) is 6. The number of amides is 1. The average molecular weight is 490 g/mol. The molecule has 7 nitrogen and oxygen atoms in total. The Balaban J connectivity index is 1.58. The van der Waals surface area contributed by atoms with Crippen molar-refractivity contribution in [1.82, 2.24) is 24.5 Å². The second-order valence-corrected chi connectivity index (χ2v) is 10.5. The highest BCUT2D eigenvalue weighted by Gasteiger charge is 2.22. The van der Waals surface area contributed by atoms with Gasteiger partial charge >= 0.3 is 0 Å². The molecule has 0 aliphatic carbocycles. The molecule has 0 saturated heterocycles. The Morgan fingerprint density at radius 1 is 1.12 bits per heavy atom. The van der Waals surface area contributed by atoms with Gasteiger partial charge in [-0.15, -0.1) is 21.5 Å². The third-order valence-corrected chi connectivity index (χ3v) is 7.58. The van der Waals surface area contributed by atoms with Gasteiger partial charge in [0, 0.05) is 4.88 Å². The van der Waals surface area contributed by atoms with E-state index in [1.165, 1.54) is 11.8 Å². The van der Waals surface area contributed by atoms with Gasteiger partial charge in [-0.05, 0) is 56.0 Å². The molecule has 0 aliphatic heterocycles. The Morgan fingerprint density at radius 3 is 2.71 bits per heavy atom. The molecule has 9 heteroatoms. The Labute approximate surface area is 204 Å². The molecule has 2 aromatic carbocycles. The second kappa shape index (κ2) is 9.08. The van der Waals surface area contributed by atoms with Crippen LogP contribution in [0.15, 0.2) is 69.9 Å². The van der Waals surface area contributed by atoms with E-state index in [-0.39, 0.29) is 11.5 Å². The van der Waals surface area contributed by atoms with Gasteiger partial charge in [-0.1, -0.05) is 47.7 Å². The van der Waals surface area contributed by atoms with Crippen molar-refractivity contribution >= 4 is 45.7 Å². The summed E-state index contributed by atoms with van der Waals surface area (Å²) in [7, 11) is 0. The minimum Gasteiger partial charge on any atom is -0.350 e. The van der Waals surface area contributed by atoms with Crippen molar-refractivity contribution in [3.8, 4) is 5.69 Å². The maximum absolute atomic E-state index is 13.5. The molecule has 1 atom stereocenters. The Bertz CT molecular complexity index is 1570. The molecule has 0 fully saturated rings.